The van der Waals surface area contributed by atoms with Crippen LogP contribution in [0.2, 0.25) is 0 Å². The van der Waals surface area contributed by atoms with Crippen LogP contribution < -0.4 is 9.47 Å². The van der Waals surface area contributed by atoms with Gasteiger partial charge < -0.3 is 19.7 Å². The normalized spacial score (nSPS) is 15.5. The maximum atomic E-state index is 10.8. The van der Waals surface area contributed by atoms with Gasteiger partial charge in [0.05, 0.1) is 5.56 Å². The number of aromatic carboxylic acids is 1. The van der Waals surface area contributed by atoms with E-state index in [0.29, 0.717) is 18.9 Å². The molecule has 6 nitrogen and oxygen atoms in total. The third kappa shape index (κ3) is 4.74. The fraction of sp³-hybridized carbons (Fsp3) is 0.350. The summed E-state index contributed by atoms with van der Waals surface area (Å²) in [6.45, 7) is 4.71. The SMILES string of the molecule is Cc1ccc2c(c1)CN(CC(O)COc1ccc(C(=O)O)cc1)CCO2. The highest BCUT2D eigenvalue weighted by molar-refractivity contribution is 5.87. The maximum Gasteiger partial charge on any atom is 0.335 e. The number of fused-ring (bicyclic) bond motifs is 1. The number of nitrogens with zero attached hydrogens (tertiary/aromatic N) is 1. The van der Waals surface area contributed by atoms with Gasteiger partial charge in [0, 0.05) is 25.2 Å². The summed E-state index contributed by atoms with van der Waals surface area (Å²) < 4.78 is 11.3. The molecule has 138 valence electrons. The van der Waals surface area contributed by atoms with Crippen LogP contribution in [0.4, 0.5) is 0 Å². The minimum atomic E-state index is -0.976. The second-order valence-corrected chi connectivity index (χ2v) is 6.49. The van der Waals surface area contributed by atoms with Crippen molar-refractivity contribution in [3.8, 4) is 11.5 Å². The Morgan fingerprint density at radius 2 is 2.04 bits per heavy atom. The molecule has 1 unspecified atom stereocenters. The minimum Gasteiger partial charge on any atom is -0.492 e. The van der Waals surface area contributed by atoms with Crippen LogP contribution in [0, 0.1) is 6.92 Å². The third-order valence-corrected chi connectivity index (χ3v) is 4.29. The number of carboxylic acid groups (broad SMARTS) is 1. The van der Waals surface area contributed by atoms with Crippen molar-refractivity contribution in [1.82, 2.24) is 4.90 Å². The Bertz CT molecular complexity index is 759. The number of aliphatic hydroxyl groups excluding tert-OH is 1. The summed E-state index contributed by atoms with van der Waals surface area (Å²) in [6.07, 6.45) is -0.652. The van der Waals surface area contributed by atoms with E-state index in [4.69, 9.17) is 14.6 Å². The zero-order valence-electron chi connectivity index (χ0n) is 14.7. The van der Waals surface area contributed by atoms with Gasteiger partial charge in [0.1, 0.15) is 30.8 Å². The standard InChI is InChI=1S/C20H23NO5/c1-14-2-7-19-16(10-14)11-21(8-9-25-19)12-17(22)13-26-18-5-3-15(4-6-18)20(23)24/h2-7,10,17,22H,8-9,11-13H2,1H3,(H,23,24). The molecule has 0 aliphatic carbocycles. The second-order valence-electron chi connectivity index (χ2n) is 6.49. The van der Waals surface area contributed by atoms with E-state index >= 15 is 0 Å². The van der Waals surface area contributed by atoms with Gasteiger partial charge in [-0.3, -0.25) is 4.90 Å². The van der Waals surface area contributed by atoms with E-state index in [2.05, 4.69) is 11.0 Å². The van der Waals surface area contributed by atoms with Gasteiger partial charge in [-0.2, -0.15) is 0 Å². The molecule has 26 heavy (non-hydrogen) atoms. The van der Waals surface area contributed by atoms with Crippen molar-refractivity contribution in [3.63, 3.8) is 0 Å². The first-order chi connectivity index (χ1) is 12.5. The smallest absolute Gasteiger partial charge is 0.335 e. The number of aliphatic hydroxyl groups is 1. The highest BCUT2D eigenvalue weighted by Crippen LogP contribution is 2.24. The van der Waals surface area contributed by atoms with Crippen molar-refractivity contribution in [2.75, 3.05) is 26.3 Å². The number of hydrogen-bond acceptors (Lipinski definition) is 5. The molecule has 0 spiro atoms. The molecular weight excluding hydrogens is 334 g/mol. The summed E-state index contributed by atoms with van der Waals surface area (Å²) in [7, 11) is 0. The molecule has 1 aliphatic heterocycles. The van der Waals surface area contributed by atoms with E-state index < -0.39 is 12.1 Å². The first-order valence-corrected chi connectivity index (χ1v) is 8.60. The second kappa shape index (κ2) is 8.21. The molecule has 0 bridgehead atoms. The molecule has 0 fully saturated rings. The predicted octanol–water partition coefficient (Wildman–Crippen LogP) is 2.33. The highest BCUT2D eigenvalue weighted by atomic mass is 16.5. The first kappa shape index (κ1) is 18.2. The molecule has 6 heteroatoms. The van der Waals surface area contributed by atoms with Gasteiger partial charge in [0.2, 0.25) is 0 Å². The monoisotopic (exact) mass is 357 g/mol. The molecule has 0 aromatic heterocycles. The van der Waals surface area contributed by atoms with E-state index in [0.717, 1.165) is 24.4 Å². The number of carbonyl (C=O) groups is 1. The highest BCUT2D eigenvalue weighted by Gasteiger charge is 2.18. The van der Waals surface area contributed by atoms with Crippen molar-refractivity contribution in [2.45, 2.75) is 19.6 Å². The number of benzene rings is 2. The van der Waals surface area contributed by atoms with Crippen molar-refractivity contribution >= 4 is 5.97 Å². The lowest BCUT2D eigenvalue weighted by atomic mass is 10.1. The molecule has 1 heterocycles. The Kier molecular flexibility index (Phi) is 5.75. The molecule has 2 N–H and O–H groups in total. The maximum absolute atomic E-state index is 10.8. The van der Waals surface area contributed by atoms with Gasteiger partial charge in [-0.1, -0.05) is 17.7 Å². The van der Waals surface area contributed by atoms with Crippen molar-refractivity contribution in [1.29, 1.82) is 0 Å². The lowest BCUT2D eigenvalue weighted by molar-refractivity contribution is 0.0635. The summed E-state index contributed by atoms with van der Waals surface area (Å²) in [6, 6.07) is 12.3. The average molecular weight is 357 g/mol. The fourth-order valence-electron chi connectivity index (χ4n) is 2.97. The number of rotatable bonds is 6. The number of β-amino-alcohol motifs (C(OH)–C–C–N with tert-alkyl or cyclic N) is 1. The molecule has 2 aromatic carbocycles. The van der Waals surface area contributed by atoms with Gasteiger partial charge in [0.15, 0.2) is 0 Å². The van der Waals surface area contributed by atoms with Crippen molar-refractivity contribution in [2.24, 2.45) is 0 Å². The van der Waals surface area contributed by atoms with E-state index in [1.54, 1.807) is 12.1 Å². The number of hydrogen-bond donors (Lipinski definition) is 2. The van der Waals surface area contributed by atoms with E-state index in [1.165, 1.54) is 17.7 Å². The fourth-order valence-corrected chi connectivity index (χ4v) is 2.97. The number of aryl methyl sites for hydroxylation is 1. The lowest BCUT2D eigenvalue weighted by Crippen LogP contribution is -2.36. The summed E-state index contributed by atoms with van der Waals surface area (Å²) in [5.41, 5.74) is 2.51. The lowest BCUT2D eigenvalue weighted by Gasteiger charge is -2.23. The van der Waals surface area contributed by atoms with Crippen LogP contribution in [-0.4, -0.2) is 53.5 Å². The van der Waals surface area contributed by atoms with Gasteiger partial charge >= 0.3 is 5.97 Å². The summed E-state index contributed by atoms with van der Waals surface area (Å²) >= 11 is 0. The van der Waals surface area contributed by atoms with Crippen LogP contribution in [0.5, 0.6) is 11.5 Å². The number of carboxylic acids is 1. The van der Waals surface area contributed by atoms with E-state index in [-0.39, 0.29) is 12.2 Å². The summed E-state index contributed by atoms with van der Waals surface area (Å²) in [4.78, 5) is 13.0. The summed E-state index contributed by atoms with van der Waals surface area (Å²) in [5.74, 6) is 0.465. The van der Waals surface area contributed by atoms with E-state index in [9.17, 15) is 9.90 Å². The predicted molar refractivity (Wildman–Crippen MR) is 96.9 cm³/mol. The zero-order valence-corrected chi connectivity index (χ0v) is 14.7. The van der Waals surface area contributed by atoms with Crippen LogP contribution >= 0.6 is 0 Å². The molecule has 0 radical (unpaired) electrons. The van der Waals surface area contributed by atoms with E-state index in [1.807, 2.05) is 19.1 Å². The van der Waals surface area contributed by atoms with Crippen LogP contribution in [0.3, 0.4) is 0 Å². The first-order valence-electron chi connectivity index (χ1n) is 8.60. The zero-order chi connectivity index (χ0) is 18.5. The van der Waals surface area contributed by atoms with Gasteiger partial charge in [-0.05, 0) is 37.3 Å². The van der Waals surface area contributed by atoms with Gasteiger partial charge in [0.25, 0.3) is 0 Å². The van der Waals surface area contributed by atoms with Crippen molar-refractivity contribution < 1.29 is 24.5 Å². The Labute approximate surface area is 152 Å². The Morgan fingerprint density at radius 1 is 1.27 bits per heavy atom. The quantitative estimate of drug-likeness (QED) is 0.826. The van der Waals surface area contributed by atoms with Crippen LogP contribution in [-0.2, 0) is 6.54 Å². The largest absolute Gasteiger partial charge is 0.492 e. The molecule has 2 aromatic rings. The molecule has 0 saturated heterocycles. The Hall–Kier alpha value is -2.57. The minimum absolute atomic E-state index is 0.143. The summed E-state index contributed by atoms with van der Waals surface area (Å²) in [5, 5.41) is 19.2. The van der Waals surface area contributed by atoms with Crippen LogP contribution in [0.15, 0.2) is 42.5 Å². The molecule has 3 rings (SSSR count). The van der Waals surface area contributed by atoms with Crippen molar-refractivity contribution in [3.05, 3.63) is 59.2 Å². The van der Waals surface area contributed by atoms with Gasteiger partial charge in [-0.15, -0.1) is 0 Å². The topological polar surface area (TPSA) is 79.2 Å². The van der Waals surface area contributed by atoms with Crippen LogP contribution in [0.25, 0.3) is 0 Å². The molecule has 0 saturated carbocycles. The van der Waals surface area contributed by atoms with Crippen LogP contribution in [0.1, 0.15) is 21.5 Å². The molecule has 1 aliphatic rings. The van der Waals surface area contributed by atoms with Gasteiger partial charge in [-0.25, -0.2) is 4.79 Å². The average Bonchev–Trinajstić information content (AvgIpc) is 2.81. The Balaban J connectivity index is 1.52. The molecular formula is C20H23NO5. The molecule has 1 atom stereocenters. The Morgan fingerprint density at radius 3 is 2.77 bits per heavy atom. The number of ether oxygens (including phenoxy) is 2. The third-order valence-electron chi connectivity index (χ3n) is 4.29. The molecule has 0 amide bonds.